The van der Waals surface area contributed by atoms with Crippen LogP contribution in [0.4, 0.5) is 5.69 Å². The van der Waals surface area contributed by atoms with E-state index in [2.05, 4.69) is 5.43 Å². The Morgan fingerprint density at radius 2 is 2.00 bits per heavy atom. The number of hydrogen-bond donors (Lipinski definition) is 2. The summed E-state index contributed by atoms with van der Waals surface area (Å²) in [7, 11) is 0. The highest BCUT2D eigenvalue weighted by molar-refractivity contribution is 6.34. The SMILES string of the molecule is Cc1ccc(NN)c(Cl)c1C. The van der Waals surface area contributed by atoms with Crippen molar-refractivity contribution in [3.8, 4) is 0 Å². The molecule has 3 heteroatoms. The monoisotopic (exact) mass is 170 g/mol. The molecule has 0 heterocycles. The van der Waals surface area contributed by atoms with Crippen LogP contribution in [-0.2, 0) is 0 Å². The first-order valence-electron chi connectivity index (χ1n) is 3.39. The molecule has 60 valence electrons. The Morgan fingerprint density at radius 1 is 1.36 bits per heavy atom. The summed E-state index contributed by atoms with van der Waals surface area (Å²) in [6, 6.07) is 3.85. The van der Waals surface area contributed by atoms with Crippen molar-refractivity contribution in [3.63, 3.8) is 0 Å². The lowest BCUT2D eigenvalue weighted by molar-refractivity contribution is 1.29. The Hall–Kier alpha value is -0.730. The molecule has 1 rings (SSSR count). The number of hydrogen-bond acceptors (Lipinski definition) is 2. The van der Waals surface area contributed by atoms with Crippen molar-refractivity contribution in [1.29, 1.82) is 0 Å². The van der Waals surface area contributed by atoms with Gasteiger partial charge in [0.25, 0.3) is 0 Å². The van der Waals surface area contributed by atoms with Gasteiger partial charge >= 0.3 is 0 Å². The van der Waals surface area contributed by atoms with E-state index in [9.17, 15) is 0 Å². The molecule has 0 spiro atoms. The molecule has 0 amide bonds. The number of nitrogens with one attached hydrogen (secondary N) is 1. The molecule has 0 atom stereocenters. The summed E-state index contributed by atoms with van der Waals surface area (Å²) >= 11 is 5.96. The molecular formula is C8H11ClN2. The van der Waals surface area contributed by atoms with Crippen molar-refractivity contribution < 1.29 is 0 Å². The summed E-state index contributed by atoms with van der Waals surface area (Å²) in [4.78, 5) is 0. The van der Waals surface area contributed by atoms with Crippen LogP contribution in [0.3, 0.4) is 0 Å². The van der Waals surface area contributed by atoms with E-state index in [1.165, 1.54) is 5.56 Å². The maximum atomic E-state index is 5.96. The molecule has 0 saturated carbocycles. The molecule has 0 radical (unpaired) electrons. The Labute approximate surface area is 71.3 Å². The van der Waals surface area contributed by atoms with Gasteiger partial charge in [-0.3, -0.25) is 5.84 Å². The van der Waals surface area contributed by atoms with Gasteiger partial charge in [-0.25, -0.2) is 0 Å². The van der Waals surface area contributed by atoms with E-state index in [0.29, 0.717) is 5.02 Å². The molecule has 0 unspecified atom stereocenters. The third-order valence-electron chi connectivity index (χ3n) is 1.81. The summed E-state index contributed by atoms with van der Waals surface area (Å²) in [6.07, 6.45) is 0. The minimum Gasteiger partial charge on any atom is -0.323 e. The maximum Gasteiger partial charge on any atom is 0.0682 e. The molecule has 0 aliphatic rings. The van der Waals surface area contributed by atoms with E-state index in [4.69, 9.17) is 17.4 Å². The van der Waals surface area contributed by atoms with Crippen molar-refractivity contribution in [2.45, 2.75) is 13.8 Å². The van der Waals surface area contributed by atoms with E-state index in [0.717, 1.165) is 11.3 Å². The van der Waals surface area contributed by atoms with Crippen LogP contribution in [0.1, 0.15) is 11.1 Å². The molecule has 11 heavy (non-hydrogen) atoms. The van der Waals surface area contributed by atoms with Crippen molar-refractivity contribution in [1.82, 2.24) is 0 Å². The Balaban J connectivity index is 3.25. The third kappa shape index (κ3) is 1.47. The number of nitrogen functional groups attached to an aromatic ring is 1. The lowest BCUT2D eigenvalue weighted by atomic mass is 10.1. The molecule has 2 nitrogen and oxygen atoms in total. The van der Waals surface area contributed by atoms with Gasteiger partial charge < -0.3 is 5.43 Å². The third-order valence-corrected chi connectivity index (χ3v) is 2.30. The van der Waals surface area contributed by atoms with Crippen molar-refractivity contribution in [2.75, 3.05) is 5.43 Å². The highest BCUT2D eigenvalue weighted by atomic mass is 35.5. The molecule has 0 saturated heterocycles. The van der Waals surface area contributed by atoms with Crippen LogP contribution >= 0.6 is 11.6 Å². The summed E-state index contributed by atoms with van der Waals surface area (Å²) in [6.45, 7) is 3.99. The molecule has 1 aromatic carbocycles. The van der Waals surface area contributed by atoms with Gasteiger partial charge in [-0.1, -0.05) is 17.7 Å². The molecule has 0 fully saturated rings. The number of nitrogens with two attached hydrogens (primary N) is 1. The second-order valence-electron chi connectivity index (χ2n) is 2.51. The van der Waals surface area contributed by atoms with Gasteiger partial charge in [0.2, 0.25) is 0 Å². The van der Waals surface area contributed by atoms with Crippen molar-refractivity contribution in [2.24, 2.45) is 5.84 Å². The molecule has 0 aromatic heterocycles. The fourth-order valence-corrected chi connectivity index (χ4v) is 1.16. The van der Waals surface area contributed by atoms with Gasteiger partial charge in [-0.05, 0) is 31.0 Å². The second-order valence-corrected chi connectivity index (χ2v) is 2.89. The first-order chi connectivity index (χ1) is 5.16. The van der Waals surface area contributed by atoms with Crippen LogP contribution in [0, 0.1) is 13.8 Å². The van der Waals surface area contributed by atoms with E-state index >= 15 is 0 Å². The van der Waals surface area contributed by atoms with Crippen LogP contribution in [-0.4, -0.2) is 0 Å². The molecule has 0 bridgehead atoms. The van der Waals surface area contributed by atoms with E-state index in [-0.39, 0.29) is 0 Å². The fourth-order valence-electron chi connectivity index (χ4n) is 0.893. The summed E-state index contributed by atoms with van der Waals surface area (Å²) in [5.41, 5.74) is 5.55. The highest BCUT2D eigenvalue weighted by Gasteiger charge is 2.02. The predicted molar refractivity (Wildman–Crippen MR) is 48.7 cm³/mol. The van der Waals surface area contributed by atoms with E-state index < -0.39 is 0 Å². The zero-order valence-corrected chi connectivity index (χ0v) is 7.37. The van der Waals surface area contributed by atoms with Crippen molar-refractivity contribution in [3.05, 3.63) is 28.3 Å². The van der Waals surface area contributed by atoms with Gasteiger partial charge in [0.15, 0.2) is 0 Å². The van der Waals surface area contributed by atoms with Gasteiger partial charge in [-0.2, -0.15) is 0 Å². The molecule has 0 aliphatic carbocycles. The van der Waals surface area contributed by atoms with Crippen molar-refractivity contribution >= 4 is 17.3 Å². The number of anilines is 1. The van der Waals surface area contributed by atoms with Gasteiger partial charge in [0, 0.05) is 0 Å². The van der Waals surface area contributed by atoms with Crippen LogP contribution in [0.25, 0.3) is 0 Å². The molecule has 3 N–H and O–H groups in total. The minimum atomic E-state index is 0.701. The number of rotatable bonds is 1. The smallest absolute Gasteiger partial charge is 0.0682 e. The standard InChI is InChI=1S/C8H11ClN2/c1-5-3-4-7(11-10)8(9)6(5)2/h3-4,11H,10H2,1-2H3. The zero-order chi connectivity index (χ0) is 8.43. The number of hydrazine groups is 1. The Kier molecular flexibility index (Phi) is 2.37. The topological polar surface area (TPSA) is 38.0 Å². The van der Waals surface area contributed by atoms with Gasteiger partial charge in [-0.15, -0.1) is 0 Å². The molecular weight excluding hydrogens is 160 g/mol. The van der Waals surface area contributed by atoms with Gasteiger partial charge in [0.05, 0.1) is 10.7 Å². The lowest BCUT2D eigenvalue weighted by Gasteiger charge is -2.07. The summed E-state index contributed by atoms with van der Waals surface area (Å²) in [5.74, 6) is 5.24. The van der Waals surface area contributed by atoms with E-state index in [1.807, 2.05) is 26.0 Å². The average Bonchev–Trinajstić information content (AvgIpc) is 2.01. The largest absolute Gasteiger partial charge is 0.323 e. The summed E-state index contributed by atoms with van der Waals surface area (Å²) in [5, 5.41) is 0.701. The van der Waals surface area contributed by atoms with Crippen LogP contribution in [0.2, 0.25) is 5.02 Å². The fraction of sp³-hybridized carbons (Fsp3) is 0.250. The highest BCUT2D eigenvalue weighted by Crippen LogP contribution is 2.26. The number of aryl methyl sites for hydroxylation is 1. The lowest BCUT2D eigenvalue weighted by Crippen LogP contribution is -2.07. The van der Waals surface area contributed by atoms with Crippen LogP contribution < -0.4 is 11.3 Å². The van der Waals surface area contributed by atoms with Gasteiger partial charge in [0.1, 0.15) is 0 Å². The predicted octanol–water partition coefficient (Wildman–Crippen LogP) is 2.24. The average molecular weight is 171 g/mol. The van der Waals surface area contributed by atoms with Crippen LogP contribution in [0.15, 0.2) is 12.1 Å². The first-order valence-corrected chi connectivity index (χ1v) is 3.77. The first kappa shape index (κ1) is 8.37. The second kappa shape index (κ2) is 3.11. The molecule has 1 aromatic rings. The normalized spacial score (nSPS) is 9.82. The van der Waals surface area contributed by atoms with E-state index in [1.54, 1.807) is 0 Å². The molecule has 0 aliphatic heterocycles. The number of benzene rings is 1. The minimum absolute atomic E-state index is 0.701. The van der Waals surface area contributed by atoms with Crippen LogP contribution in [0.5, 0.6) is 0 Å². The Bertz CT molecular complexity index is 271. The maximum absolute atomic E-state index is 5.96. The zero-order valence-electron chi connectivity index (χ0n) is 6.61. The number of halogens is 1. The Morgan fingerprint density at radius 3 is 2.55 bits per heavy atom. The summed E-state index contributed by atoms with van der Waals surface area (Å²) < 4.78 is 0. The quantitative estimate of drug-likeness (QED) is 0.501.